The average molecular weight is 937 g/mol. The van der Waals surface area contributed by atoms with Gasteiger partial charge in [0, 0.05) is 47.3 Å². The van der Waals surface area contributed by atoms with Gasteiger partial charge < -0.3 is 61.3 Å². The summed E-state index contributed by atoms with van der Waals surface area (Å²) >= 11 is 0. The van der Waals surface area contributed by atoms with Crippen LogP contribution in [-0.2, 0) is 14.3 Å². The van der Waals surface area contributed by atoms with Gasteiger partial charge in [-0.3, -0.25) is 24.0 Å². The maximum Gasteiger partial charge on any atom is 0.335 e. The zero-order valence-corrected chi connectivity index (χ0v) is 37.1. The first-order chi connectivity index (χ1) is 32.3. The number of ether oxygens (including phenoxy) is 3. The summed E-state index contributed by atoms with van der Waals surface area (Å²) in [5.41, 5.74) is 0.448. The molecule has 5 aromatic carbocycles. The van der Waals surface area contributed by atoms with Gasteiger partial charge in [0.25, 0.3) is 29.5 Å². The standard InChI is InChI=1S/C47H48N6O15/c1-6-25(4)68-36-23-29(46(60)61)13-21-34(36)50-44(58)33-20-22-35(39(38(33)54)67-24(2)3)51-42(56)26-7-16-31(17-8-26)49-45(59)40(66-5)37(47(62)63)52-43(57)27-9-14-30(15-10-27)48-41(55)28-11-18-32(19-12-28)53(64)65/h7-25,37,40,53-54,64H,6H2,1-5H3,(H,48,55)(H,49,59)(H,50,58)(H,51,56)(H,52,57)(H,60,61)(H,62,63). The number of amides is 5. The molecule has 0 saturated carbocycles. The predicted molar refractivity (Wildman–Crippen MR) is 245 cm³/mol. The Morgan fingerprint density at radius 3 is 1.69 bits per heavy atom. The van der Waals surface area contributed by atoms with E-state index in [0.29, 0.717) is 6.42 Å². The Morgan fingerprint density at radius 2 is 1.16 bits per heavy atom. The highest BCUT2D eigenvalue weighted by Crippen LogP contribution is 2.40. The molecular weight excluding hydrogens is 889 g/mol. The van der Waals surface area contributed by atoms with Crippen LogP contribution in [-0.4, -0.2) is 93.5 Å². The minimum atomic E-state index is -1.88. The van der Waals surface area contributed by atoms with Crippen molar-refractivity contribution in [3.8, 4) is 17.2 Å². The minimum absolute atomic E-state index is 0.000582. The summed E-state index contributed by atoms with van der Waals surface area (Å²) in [5.74, 6) is -7.41. The molecule has 0 spiro atoms. The fourth-order valence-corrected chi connectivity index (χ4v) is 6.22. The number of quaternary nitrogens is 1. The Hall–Kier alpha value is -8.37. The number of carbonyl (C=O) groups excluding carboxylic acids is 5. The number of anilines is 4. The van der Waals surface area contributed by atoms with E-state index in [1.807, 2.05) is 6.92 Å². The van der Waals surface area contributed by atoms with Gasteiger partial charge in [-0.2, -0.15) is 5.23 Å². The summed E-state index contributed by atoms with van der Waals surface area (Å²) in [6.07, 6.45) is -2.01. The van der Waals surface area contributed by atoms with Crippen molar-refractivity contribution in [2.24, 2.45) is 0 Å². The number of hydrogen-bond donors (Lipinski definition) is 10. The molecule has 0 bridgehead atoms. The van der Waals surface area contributed by atoms with E-state index in [4.69, 9.17) is 19.4 Å². The smallest absolute Gasteiger partial charge is 0.335 e. The number of benzene rings is 5. The zero-order valence-electron chi connectivity index (χ0n) is 37.1. The van der Waals surface area contributed by atoms with Crippen LogP contribution in [0.1, 0.15) is 85.9 Å². The Kier molecular flexibility index (Phi) is 16.9. The Labute approximate surface area is 388 Å². The molecule has 0 aliphatic carbocycles. The second-order valence-corrected chi connectivity index (χ2v) is 15.2. The highest BCUT2D eigenvalue weighted by molar-refractivity contribution is 6.10. The predicted octanol–water partition coefficient (Wildman–Crippen LogP) is 5.05. The van der Waals surface area contributed by atoms with E-state index in [-0.39, 0.29) is 73.9 Å². The molecule has 4 unspecified atom stereocenters. The quantitative estimate of drug-likeness (QED) is 0.0457. The normalized spacial score (nSPS) is 12.6. The van der Waals surface area contributed by atoms with E-state index in [1.54, 1.807) is 20.8 Å². The first-order valence-electron chi connectivity index (χ1n) is 20.7. The number of methoxy groups -OCH3 is 1. The van der Waals surface area contributed by atoms with Crippen LogP contribution in [0.15, 0.2) is 103 Å². The van der Waals surface area contributed by atoms with Crippen molar-refractivity contribution in [1.29, 1.82) is 0 Å². The van der Waals surface area contributed by atoms with Crippen molar-refractivity contribution in [3.05, 3.63) is 136 Å². The van der Waals surface area contributed by atoms with Crippen molar-refractivity contribution >= 4 is 69.9 Å². The zero-order chi connectivity index (χ0) is 49.8. The van der Waals surface area contributed by atoms with Crippen LogP contribution in [0, 0.1) is 5.21 Å². The second-order valence-electron chi connectivity index (χ2n) is 15.2. The first kappa shape index (κ1) is 50.6. The van der Waals surface area contributed by atoms with Crippen LogP contribution < -0.4 is 41.3 Å². The molecular formula is C47H48N6O15. The fourth-order valence-electron chi connectivity index (χ4n) is 6.22. The average Bonchev–Trinajstić information content (AvgIpc) is 3.30. The van der Waals surface area contributed by atoms with E-state index in [1.165, 1.54) is 103 Å². The topological polar surface area (TPSA) is 316 Å². The van der Waals surface area contributed by atoms with Crippen LogP contribution in [0.3, 0.4) is 0 Å². The van der Waals surface area contributed by atoms with E-state index in [0.717, 1.165) is 7.11 Å². The molecule has 0 fully saturated rings. The molecule has 21 heteroatoms. The molecule has 0 radical (unpaired) electrons. The summed E-state index contributed by atoms with van der Waals surface area (Å²) in [6, 6.07) is 20.6. The van der Waals surface area contributed by atoms with Gasteiger partial charge in [0.15, 0.2) is 29.3 Å². The van der Waals surface area contributed by atoms with Crippen LogP contribution in [0.25, 0.3) is 0 Å². The molecule has 5 amide bonds. The molecule has 21 nitrogen and oxygen atoms in total. The summed E-state index contributed by atoms with van der Waals surface area (Å²) in [5, 5.41) is 62.4. The van der Waals surface area contributed by atoms with Crippen LogP contribution in [0.4, 0.5) is 28.4 Å². The van der Waals surface area contributed by atoms with E-state index < -0.39 is 70.7 Å². The number of carboxylic acid groups (broad SMARTS) is 2. The third-order valence-electron chi connectivity index (χ3n) is 9.94. The molecule has 356 valence electrons. The number of carboxylic acids is 2. The summed E-state index contributed by atoms with van der Waals surface area (Å²) in [6.45, 7) is 6.96. The Balaban J connectivity index is 1.23. The summed E-state index contributed by atoms with van der Waals surface area (Å²) in [7, 11) is 1.07. The van der Waals surface area contributed by atoms with Gasteiger partial charge in [0.2, 0.25) is 0 Å². The summed E-state index contributed by atoms with van der Waals surface area (Å²) < 4.78 is 16.9. The third kappa shape index (κ3) is 12.9. The minimum Gasteiger partial charge on any atom is -0.595 e. The van der Waals surface area contributed by atoms with E-state index >= 15 is 0 Å². The maximum atomic E-state index is 13.5. The number of carbonyl (C=O) groups is 7. The van der Waals surface area contributed by atoms with Crippen LogP contribution >= 0.6 is 0 Å². The highest BCUT2D eigenvalue weighted by Gasteiger charge is 2.36. The lowest BCUT2D eigenvalue weighted by Crippen LogP contribution is -2.99. The lowest BCUT2D eigenvalue weighted by molar-refractivity contribution is -0.991. The summed E-state index contributed by atoms with van der Waals surface area (Å²) in [4.78, 5) is 89.9. The third-order valence-corrected chi connectivity index (χ3v) is 9.94. The molecule has 0 saturated heterocycles. The molecule has 4 atom stereocenters. The Morgan fingerprint density at radius 1 is 0.647 bits per heavy atom. The number of nitrogens with one attached hydrogen (secondary N) is 6. The van der Waals surface area contributed by atoms with Gasteiger partial charge in [-0.1, -0.05) is 6.92 Å². The first-order valence-corrected chi connectivity index (χ1v) is 20.7. The van der Waals surface area contributed by atoms with Crippen molar-refractivity contribution in [2.75, 3.05) is 28.4 Å². The molecule has 0 heterocycles. The molecule has 68 heavy (non-hydrogen) atoms. The van der Waals surface area contributed by atoms with Gasteiger partial charge in [-0.25, -0.2) is 14.8 Å². The highest BCUT2D eigenvalue weighted by atomic mass is 16.8. The number of aromatic hydroxyl groups is 1. The second kappa shape index (κ2) is 22.7. The van der Waals surface area contributed by atoms with Gasteiger partial charge in [0.1, 0.15) is 5.75 Å². The SMILES string of the molecule is CCC(C)Oc1cc(C(=O)O)ccc1NC(=O)c1ccc(NC(=O)c2ccc(NC(=O)C(OC)C(NC(=O)c3ccc(NC(=O)c4ccc([NH+]([O-])O)cc4)cc3)C(=O)O)cc2)c(OC(C)C)c1O. The fraction of sp³-hybridized carbons (Fsp3) is 0.213. The van der Waals surface area contributed by atoms with Gasteiger partial charge in [-0.05, 0) is 118 Å². The van der Waals surface area contributed by atoms with Crippen molar-refractivity contribution < 1.29 is 73.5 Å². The molecule has 5 aromatic rings. The number of rotatable bonds is 20. The molecule has 0 aromatic heterocycles. The largest absolute Gasteiger partial charge is 0.595 e. The monoisotopic (exact) mass is 936 g/mol. The maximum absolute atomic E-state index is 13.5. The number of phenols is 1. The lowest BCUT2D eigenvalue weighted by atomic mass is 10.1. The Bertz CT molecular complexity index is 2670. The van der Waals surface area contributed by atoms with E-state index in [9.17, 15) is 54.1 Å². The van der Waals surface area contributed by atoms with Crippen LogP contribution in [0.5, 0.6) is 17.2 Å². The van der Waals surface area contributed by atoms with Gasteiger partial charge in [0.05, 0.1) is 34.7 Å². The number of hydrogen-bond acceptors (Lipinski definition) is 13. The van der Waals surface area contributed by atoms with Gasteiger partial charge in [-0.15, -0.1) is 0 Å². The molecule has 0 aliphatic rings. The lowest BCUT2D eigenvalue weighted by Gasteiger charge is -2.23. The van der Waals surface area contributed by atoms with Crippen molar-refractivity contribution in [2.45, 2.75) is 58.5 Å². The van der Waals surface area contributed by atoms with Crippen molar-refractivity contribution in [1.82, 2.24) is 5.32 Å². The number of phenolic OH excluding ortho intramolecular Hbond substituents is 1. The van der Waals surface area contributed by atoms with E-state index in [2.05, 4.69) is 26.6 Å². The molecule has 5 rings (SSSR count). The van der Waals surface area contributed by atoms with Gasteiger partial charge >= 0.3 is 11.9 Å². The van der Waals surface area contributed by atoms with Crippen molar-refractivity contribution in [3.63, 3.8) is 0 Å². The molecule has 0 aliphatic heterocycles. The molecule has 10 N–H and O–H groups in total. The number of aromatic carboxylic acids is 1. The van der Waals surface area contributed by atoms with Crippen LogP contribution in [0.2, 0.25) is 0 Å². The number of aliphatic carboxylic acids is 1.